The molecule has 15 heavy (non-hydrogen) atoms. The van der Waals surface area contributed by atoms with Crippen LogP contribution >= 0.6 is 11.6 Å². The van der Waals surface area contributed by atoms with Crippen LogP contribution in [-0.4, -0.2) is 11.6 Å². The number of carbonyl (C=O) groups excluding carboxylic acids is 1. The van der Waals surface area contributed by atoms with Crippen molar-refractivity contribution in [3.8, 4) is 0 Å². The van der Waals surface area contributed by atoms with Crippen LogP contribution in [0, 0.1) is 0 Å². The summed E-state index contributed by atoms with van der Waals surface area (Å²) in [4.78, 5) is 11.5. The lowest BCUT2D eigenvalue weighted by atomic mass is 10.2. The molecular weight excluding hydrogens is 212 g/mol. The van der Waals surface area contributed by atoms with Gasteiger partial charge in [-0.2, -0.15) is 5.10 Å². The third-order valence-corrected chi connectivity index (χ3v) is 2.18. The maximum absolute atomic E-state index is 11.5. The number of nitrogens with zero attached hydrogens (tertiary/aromatic N) is 1. The lowest BCUT2D eigenvalue weighted by Gasteiger charge is -2.01. The quantitative estimate of drug-likeness (QED) is 0.623. The van der Waals surface area contributed by atoms with Crippen molar-refractivity contribution in [1.29, 1.82) is 0 Å². The summed E-state index contributed by atoms with van der Waals surface area (Å²) in [6.07, 6.45) is 0.815. The molecule has 0 fully saturated rings. The van der Waals surface area contributed by atoms with Crippen molar-refractivity contribution in [3.63, 3.8) is 0 Å². The van der Waals surface area contributed by atoms with Crippen molar-refractivity contribution in [2.24, 2.45) is 5.10 Å². The lowest BCUT2D eigenvalue weighted by Crippen LogP contribution is -2.18. The molecule has 1 aromatic rings. The van der Waals surface area contributed by atoms with E-state index in [-0.39, 0.29) is 5.91 Å². The molecule has 0 radical (unpaired) electrons. The van der Waals surface area contributed by atoms with Gasteiger partial charge in [0.1, 0.15) is 0 Å². The molecule has 0 heterocycles. The summed E-state index contributed by atoms with van der Waals surface area (Å²) in [6, 6.07) is 6.75. The smallest absolute Gasteiger partial charge is 0.267 e. The van der Waals surface area contributed by atoms with Gasteiger partial charge in [-0.05, 0) is 31.5 Å². The highest BCUT2D eigenvalue weighted by atomic mass is 35.5. The highest BCUT2D eigenvalue weighted by Gasteiger charge is 2.03. The molecule has 0 saturated carbocycles. The average Bonchev–Trinajstić information content (AvgIpc) is 2.25. The maximum Gasteiger partial charge on any atom is 0.271 e. The number of nitrogens with one attached hydrogen (secondary N) is 1. The Balaban J connectivity index is 2.70. The second-order valence-corrected chi connectivity index (χ2v) is 3.59. The van der Waals surface area contributed by atoms with E-state index in [4.69, 9.17) is 11.6 Å². The Labute approximate surface area is 94.1 Å². The molecule has 1 amide bonds. The van der Waals surface area contributed by atoms with Crippen molar-refractivity contribution < 1.29 is 4.79 Å². The van der Waals surface area contributed by atoms with E-state index >= 15 is 0 Å². The Bertz CT molecular complexity index is 388. The highest BCUT2D eigenvalue weighted by molar-refractivity contribution is 6.30. The van der Waals surface area contributed by atoms with Gasteiger partial charge in [-0.1, -0.05) is 24.6 Å². The summed E-state index contributed by atoms with van der Waals surface area (Å²) in [5.41, 5.74) is 3.86. The molecule has 4 heteroatoms. The lowest BCUT2D eigenvalue weighted by molar-refractivity contribution is 0.0954. The molecule has 1 rings (SSSR count). The van der Waals surface area contributed by atoms with Gasteiger partial charge in [0.2, 0.25) is 0 Å². The number of carbonyl (C=O) groups is 1. The van der Waals surface area contributed by atoms with Gasteiger partial charge in [-0.15, -0.1) is 0 Å². The van der Waals surface area contributed by atoms with Crippen molar-refractivity contribution in [2.75, 3.05) is 0 Å². The van der Waals surface area contributed by atoms with Crippen LogP contribution in [-0.2, 0) is 0 Å². The molecule has 1 aromatic carbocycles. The van der Waals surface area contributed by atoms with Crippen molar-refractivity contribution in [2.45, 2.75) is 20.3 Å². The van der Waals surface area contributed by atoms with E-state index < -0.39 is 0 Å². The second-order valence-electron chi connectivity index (χ2n) is 3.15. The molecule has 0 aliphatic carbocycles. The molecule has 0 aliphatic heterocycles. The van der Waals surface area contributed by atoms with Gasteiger partial charge in [0.25, 0.3) is 5.91 Å². The van der Waals surface area contributed by atoms with Crippen LogP contribution in [0.2, 0.25) is 5.02 Å². The zero-order valence-corrected chi connectivity index (χ0v) is 9.51. The normalized spacial score (nSPS) is 11.3. The predicted molar refractivity (Wildman–Crippen MR) is 62.3 cm³/mol. The van der Waals surface area contributed by atoms with Crippen LogP contribution in [0.15, 0.2) is 29.4 Å². The van der Waals surface area contributed by atoms with Crippen LogP contribution in [0.5, 0.6) is 0 Å². The fraction of sp³-hybridized carbons (Fsp3) is 0.273. The van der Waals surface area contributed by atoms with Crippen LogP contribution in [0.3, 0.4) is 0 Å². The Morgan fingerprint density at radius 1 is 1.53 bits per heavy atom. The van der Waals surface area contributed by atoms with Gasteiger partial charge < -0.3 is 0 Å². The molecule has 0 bridgehead atoms. The summed E-state index contributed by atoms with van der Waals surface area (Å²) in [6.45, 7) is 3.84. The molecule has 3 nitrogen and oxygen atoms in total. The van der Waals surface area contributed by atoms with Crippen LogP contribution < -0.4 is 5.43 Å². The van der Waals surface area contributed by atoms with E-state index in [0.717, 1.165) is 12.1 Å². The minimum Gasteiger partial charge on any atom is -0.267 e. The summed E-state index contributed by atoms with van der Waals surface area (Å²) < 4.78 is 0. The predicted octanol–water partition coefficient (Wildman–Crippen LogP) is 2.86. The number of hydrogen-bond donors (Lipinski definition) is 1. The third-order valence-electron chi connectivity index (χ3n) is 1.95. The van der Waals surface area contributed by atoms with Gasteiger partial charge in [-0.25, -0.2) is 5.43 Å². The topological polar surface area (TPSA) is 41.5 Å². The molecular formula is C11H13ClN2O. The SMILES string of the molecule is CCC(C)=NNC(=O)c1cccc(Cl)c1. The number of amides is 1. The number of benzene rings is 1. The van der Waals surface area contributed by atoms with E-state index in [9.17, 15) is 4.79 Å². The van der Waals surface area contributed by atoms with Crippen molar-refractivity contribution in [1.82, 2.24) is 5.43 Å². The first-order chi connectivity index (χ1) is 7.13. The van der Waals surface area contributed by atoms with Crippen molar-refractivity contribution in [3.05, 3.63) is 34.9 Å². The average molecular weight is 225 g/mol. The van der Waals surface area contributed by atoms with Gasteiger partial charge in [0.05, 0.1) is 0 Å². The first-order valence-corrected chi connectivity index (χ1v) is 5.10. The second kappa shape index (κ2) is 5.51. The van der Waals surface area contributed by atoms with E-state index in [0.29, 0.717) is 10.6 Å². The number of hydrogen-bond acceptors (Lipinski definition) is 2. The van der Waals surface area contributed by atoms with Crippen LogP contribution in [0.1, 0.15) is 30.6 Å². The Kier molecular flexibility index (Phi) is 4.31. The molecule has 0 saturated heterocycles. The zero-order chi connectivity index (χ0) is 11.3. The van der Waals surface area contributed by atoms with E-state index in [1.165, 1.54) is 0 Å². The van der Waals surface area contributed by atoms with Crippen molar-refractivity contribution >= 4 is 23.2 Å². The number of hydrazone groups is 1. The number of halogens is 1. The molecule has 0 atom stereocenters. The molecule has 0 aromatic heterocycles. The first kappa shape index (κ1) is 11.7. The first-order valence-electron chi connectivity index (χ1n) is 4.72. The Morgan fingerprint density at radius 3 is 2.87 bits per heavy atom. The third kappa shape index (κ3) is 3.72. The highest BCUT2D eigenvalue weighted by Crippen LogP contribution is 2.10. The standard InChI is InChI=1S/C11H13ClN2O/c1-3-8(2)13-14-11(15)9-5-4-6-10(12)7-9/h4-7H,3H2,1-2H3,(H,14,15). The van der Waals surface area contributed by atoms with E-state index in [1.807, 2.05) is 13.8 Å². The molecule has 0 spiro atoms. The van der Waals surface area contributed by atoms with Gasteiger partial charge >= 0.3 is 0 Å². The largest absolute Gasteiger partial charge is 0.271 e. The van der Waals surface area contributed by atoms with E-state index in [1.54, 1.807) is 24.3 Å². The van der Waals surface area contributed by atoms with Gasteiger partial charge in [0, 0.05) is 16.3 Å². The minimum atomic E-state index is -0.245. The summed E-state index contributed by atoms with van der Waals surface area (Å²) in [7, 11) is 0. The zero-order valence-electron chi connectivity index (χ0n) is 8.75. The Hall–Kier alpha value is -1.35. The van der Waals surface area contributed by atoms with Crippen LogP contribution in [0.4, 0.5) is 0 Å². The minimum absolute atomic E-state index is 0.245. The summed E-state index contributed by atoms with van der Waals surface area (Å²) in [5, 5.41) is 4.46. The molecule has 80 valence electrons. The van der Waals surface area contributed by atoms with Crippen LogP contribution in [0.25, 0.3) is 0 Å². The summed E-state index contributed by atoms with van der Waals surface area (Å²) in [5.74, 6) is -0.245. The van der Waals surface area contributed by atoms with Gasteiger partial charge in [0.15, 0.2) is 0 Å². The fourth-order valence-electron chi connectivity index (χ4n) is 0.920. The summed E-state index contributed by atoms with van der Waals surface area (Å²) >= 11 is 5.76. The fourth-order valence-corrected chi connectivity index (χ4v) is 1.11. The molecule has 1 N–H and O–H groups in total. The van der Waals surface area contributed by atoms with E-state index in [2.05, 4.69) is 10.5 Å². The molecule has 0 unspecified atom stereocenters. The molecule has 0 aliphatic rings. The number of rotatable bonds is 3. The Morgan fingerprint density at radius 2 is 2.27 bits per heavy atom. The monoisotopic (exact) mass is 224 g/mol. The van der Waals surface area contributed by atoms with Gasteiger partial charge in [-0.3, -0.25) is 4.79 Å². The maximum atomic E-state index is 11.5.